The summed E-state index contributed by atoms with van der Waals surface area (Å²) in [6.45, 7) is 4.90. The van der Waals surface area contributed by atoms with Crippen LogP contribution < -0.4 is 5.32 Å². The van der Waals surface area contributed by atoms with E-state index in [-0.39, 0.29) is 23.3 Å². The molecule has 2 amide bonds. The van der Waals surface area contributed by atoms with Crippen LogP contribution >= 0.6 is 11.8 Å². The molecular formula is C24H31N3O4S. The van der Waals surface area contributed by atoms with Crippen LogP contribution in [0.3, 0.4) is 0 Å². The number of amides is 2. The summed E-state index contributed by atoms with van der Waals surface area (Å²) in [5.41, 5.74) is 2.07. The van der Waals surface area contributed by atoms with Crippen LogP contribution in [0.25, 0.3) is 0 Å². The minimum atomic E-state index is -0.553. The highest BCUT2D eigenvalue weighted by Gasteiger charge is 2.25. The monoisotopic (exact) mass is 457 g/mol. The van der Waals surface area contributed by atoms with Crippen LogP contribution in [0.1, 0.15) is 37.8 Å². The first-order valence-electron chi connectivity index (χ1n) is 10.8. The number of benzene rings is 2. The fraction of sp³-hybridized carbons (Fsp3) is 0.417. The van der Waals surface area contributed by atoms with Crippen LogP contribution in [0.2, 0.25) is 0 Å². The fourth-order valence-corrected chi connectivity index (χ4v) is 4.03. The lowest BCUT2D eigenvalue weighted by molar-refractivity contribution is -0.384. The van der Waals surface area contributed by atoms with Crippen LogP contribution in [0.4, 0.5) is 5.69 Å². The molecule has 0 spiro atoms. The van der Waals surface area contributed by atoms with Gasteiger partial charge >= 0.3 is 0 Å². The smallest absolute Gasteiger partial charge is 0.269 e. The summed E-state index contributed by atoms with van der Waals surface area (Å²) in [6.07, 6.45) is 2.57. The first-order chi connectivity index (χ1) is 15.4. The zero-order chi connectivity index (χ0) is 23.3. The normalized spacial score (nSPS) is 11.6. The number of nitrogens with zero attached hydrogens (tertiary/aromatic N) is 2. The maximum Gasteiger partial charge on any atom is 0.269 e. The molecule has 0 aliphatic heterocycles. The maximum atomic E-state index is 13.0. The third-order valence-electron chi connectivity index (χ3n) is 5.12. The van der Waals surface area contributed by atoms with Crippen molar-refractivity contribution in [3.63, 3.8) is 0 Å². The zero-order valence-corrected chi connectivity index (χ0v) is 19.5. The molecule has 2 rings (SSSR count). The number of nitrogens with one attached hydrogen (secondary N) is 1. The van der Waals surface area contributed by atoms with Gasteiger partial charge in [0.2, 0.25) is 11.8 Å². The van der Waals surface area contributed by atoms with E-state index in [1.807, 2.05) is 30.3 Å². The van der Waals surface area contributed by atoms with Crippen molar-refractivity contribution in [3.05, 3.63) is 75.8 Å². The van der Waals surface area contributed by atoms with Gasteiger partial charge in [0.05, 0.1) is 10.7 Å². The maximum absolute atomic E-state index is 13.0. The fourth-order valence-electron chi connectivity index (χ4n) is 3.16. The van der Waals surface area contributed by atoms with E-state index in [9.17, 15) is 19.7 Å². The zero-order valence-electron chi connectivity index (χ0n) is 18.7. The average molecular weight is 458 g/mol. The summed E-state index contributed by atoms with van der Waals surface area (Å²) in [5.74, 6) is 0.567. The molecule has 2 aromatic rings. The Morgan fingerprint density at radius 2 is 1.78 bits per heavy atom. The molecular weight excluding hydrogens is 426 g/mol. The number of carbonyl (C=O) groups excluding carboxylic acids is 2. The van der Waals surface area contributed by atoms with Gasteiger partial charge in [0, 0.05) is 31.0 Å². The molecule has 7 nitrogen and oxygen atoms in total. The molecule has 1 atom stereocenters. The van der Waals surface area contributed by atoms with Gasteiger partial charge in [-0.25, -0.2) is 0 Å². The van der Waals surface area contributed by atoms with E-state index in [2.05, 4.69) is 12.2 Å². The van der Waals surface area contributed by atoms with Crippen molar-refractivity contribution in [3.8, 4) is 0 Å². The Morgan fingerprint density at radius 3 is 2.41 bits per heavy atom. The van der Waals surface area contributed by atoms with Crippen LogP contribution in [-0.2, 0) is 21.8 Å². The summed E-state index contributed by atoms with van der Waals surface area (Å²) >= 11 is 1.44. The molecule has 2 aromatic carbocycles. The SMILES string of the molecule is CCCCNC(=O)C(C)N(CCc1ccccc1)C(=O)CSCc1ccc([N+](=O)[O-])cc1. The van der Waals surface area contributed by atoms with E-state index in [1.54, 1.807) is 24.0 Å². The lowest BCUT2D eigenvalue weighted by atomic mass is 10.1. The Labute approximate surface area is 193 Å². The molecule has 32 heavy (non-hydrogen) atoms. The number of nitro benzene ring substituents is 1. The van der Waals surface area contributed by atoms with E-state index in [0.717, 1.165) is 24.0 Å². The van der Waals surface area contributed by atoms with Gasteiger partial charge in [-0.05, 0) is 30.9 Å². The molecule has 0 aliphatic rings. The second kappa shape index (κ2) is 13.5. The van der Waals surface area contributed by atoms with E-state index in [4.69, 9.17) is 0 Å². The van der Waals surface area contributed by atoms with Crippen LogP contribution in [0, 0.1) is 10.1 Å². The lowest BCUT2D eigenvalue weighted by Crippen LogP contribution is -2.49. The van der Waals surface area contributed by atoms with Gasteiger partial charge in [0.15, 0.2) is 0 Å². The number of unbranched alkanes of at least 4 members (excludes halogenated alkanes) is 1. The van der Waals surface area contributed by atoms with Crippen molar-refractivity contribution in [2.75, 3.05) is 18.8 Å². The van der Waals surface area contributed by atoms with Gasteiger partial charge in [0.25, 0.3) is 5.69 Å². The Hall–Kier alpha value is -2.87. The number of thioether (sulfide) groups is 1. The molecule has 0 radical (unpaired) electrons. The molecule has 0 aliphatic carbocycles. The number of rotatable bonds is 13. The molecule has 1 N–H and O–H groups in total. The Balaban J connectivity index is 1.96. The predicted molar refractivity (Wildman–Crippen MR) is 128 cm³/mol. The first kappa shape index (κ1) is 25.4. The lowest BCUT2D eigenvalue weighted by Gasteiger charge is -2.28. The second-order valence-electron chi connectivity index (χ2n) is 7.56. The van der Waals surface area contributed by atoms with Crippen LogP contribution in [0.5, 0.6) is 0 Å². The van der Waals surface area contributed by atoms with Gasteiger partial charge in [-0.1, -0.05) is 55.8 Å². The Morgan fingerprint density at radius 1 is 1.09 bits per heavy atom. The van der Waals surface area contributed by atoms with E-state index >= 15 is 0 Å². The molecule has 172 valence electrons. The topological polar surface area (TPSA) is 92.6 Å². The van der Waals surface area contributed by atoms with Crippen LogP contribution in [-0.4, -0.2) is 46.5 Å². The number of non-ortho nitro benzene ring substituents is 1. The first-order valence-corrected chi connectivity index (χ1v) is 12.0. The van der Waals surface area contributed by atoms with Crippen molar-refractivity contribution < 1.29 is 14.5 Å². The van der Waals surface area contributed by atoms with Crippen molar-refractivity contribution in [2.45, 2.75) is 44.9 Å². The summed E-state index contributed by atoms with van der Waals surface area (Å²) in [6, 6.07) is 15.7. The summed E-state index contributed by atoms with van der Waals surface area (Å²) in [7, 11) is 0. The van der Waals surface area contributed by atoms with Gasteiger partial charge in [-0.3, -0.25) is 19.7 Å². The molecule has 0 aromatic heterocycles. The standard InChI is InChI=1S/C24H31N3O4S/c1-3-4-15-25-24(29)19(2)26(16-14-20-8-6-5-7-9-20)23(28)18-32-17-21-10-12-22(13-11-21)27(30)31/h5-13,19H,3-4,14-18H2,1-2H3,(H,25,29). The molecule has 0 saturated carbocycles. The highest BCUT2D eigenvalue weighted by Crippen LogP contribution is 2.18. The van der Waals surface area contributed by atoms with Gasteiger partial charge < -0.3 is 10.2 Å². The average Bonchev–Trinajstić information content (AvgIpc) is 2.80. The molecule has 0 bridgehead atoms. The summed E-state index contributed by atoms with van der Waals surface area (Å²) in [5, 5.41) is 13.7. The molecule has 0 fully saturated rings. The minimum absolute atomic E-state index is 0.0461. The van der Waals surface area contributed by atoms with Gasteiger partial charge in [0.1, 0.15) is 6.04 Å². The largest absolute Gasteiger partial charge is 0.354 e. The molecule has 8 heteroatoms. The third kappa shape index (κ3) is 8.34. The molecule has 0 saturated heterocycles. The minimum Gasteiger partial charge on any atom is -0.354 e. The number of hydrogen-bond acceptors (Lipinski definition) is 5. The van der Waals surface area contributed by atoms with Crippen molar-refractivity contribution in [1.29, 1.82) is 0 Å². The highest BCUT2D eigenvalue weighted by atomic mass is 32.2. The third-order valence-corrected chi connectivity index (χ3v) is 6.11. The van der Waals surface area contributed by atoms with Crippen molar-refractivity contribution in [2.24, 2.45) is 0 Å². The summed E-state index contributed by atoms with van der Waals surface area (Å²) < 4.78 is 0. The predicted octanol–water partition coefficient (Wildman–Crippen LogP) is 4.20. The van der Waals surface area contributed by atoms with E-state index in [1.165, 1.54) is 23.9 Å². The van der Waals surface area contributed by atoms with Crippen molar-refractivity contribution in [1.82, 2.24) is 10.2 Å². The number of carbonyl (C=O) groups is 2. The summed E-state index contributed by atoms with van der Waals surface area (Å²) in [4.78, 5) is 37.6. The van der Waals surface area contributed by atoms with Gasteiger partial charge in [-0.15, -0.1) is 11.8 Å². The van der Waals surface area contributed by atoms with E-state index < -0.39 is 11.0 Å². The van der Waals surface area contributed by atoms with Crippen molar-refractivity contribution >= 4 is 29.3 Å². The number of nitro groups is 1. The highest BCUT2D eigenvalue weighted by molar-refractivity contribution is 7.99. The van der Waals surface area contributed by atoms with Gasteiger partial charge in [-0.2, -0.15) is 0 Å². The molecule has 1 unspecified atom stereocenters. The molecule has 0 heterocycles. The number of hydrogen-bond donors (Lipinski definition) is 1. The van der Waals surface area contributed by atoms with Crippen LogP contribution in [0.15, 0.2) is 54.6 Å². The second-order valence-corrected chi connectivity index (χ2v) is 8.55. The van der Waals surface area contributed by atoms with E-state index in [0.29, 0.717) is 25.3 Å². The Kier molecular flexibility index (Phi) is 10.7. The Bertz CT molecular complexity index is 875. The quantitative estimate of drug-likeness (QED) is 0.276.